The lowest BCUT2D eigenvalue weighted by molar-refractivity contribution is -0.149. The third-order valence-electron chi connectivity index (χ3n) is 5.01. The molecule has 2 nitrogen and oxygen atoms in total. The van der Waals surface area contributed by atoms with Crippen LogP contribution in [-0.4, -0.2) is 12.1 Å². The molecule has 1 unspecified atom stereocenters. The van der Waals surface area contributed by atoms with Crippen LogP contribution >= 0.6 is 0 Å². The van der Waals surface area contributed by atoms with Crippen molar-refractivity contribution in [1.29, 1.82) is 0 Å². The molecule has 0 amide bonds. The van der Waals surface area contributed by atoms with Crippen molar-refractivity contribution < 1.29 is 9.53 Å². The molecule has 0 aliphatic carbocycles. The third-order valence-corrected chi connectivity index (χ3v) is 5.01. The van der Waals surface area contributed by atoms with Crippen molar-refractivity contribution >= 4 is 5.97 Å². The molecule has 0 aromatic rings. The molecule has 0 aliphatic rings. The van der Waals surface area contributed by atoms with Crippen molar-refractivity contribution in [3.63, 3.8) is 0 Å². The average molecular weight is 367 g/mol. The molecule has 26 heavy (non-hydrogen) atoms. The fourth-order valence-electron chi connectivity index (χ4n) is 3.25. The van der Waals surface area contributed by atoms with Crippen LogP contribution in [0.2, 0.25) is 0 Å². The standard InChI is InChI=1S/C24H46O2/c1-4-7-8-9-10-11-12-13-14-15-16-17-18-19-20-22-24(25)26-23(6-3)21-5-2/h13-14,23H,4-12,15-22H2,1-3H3/b14-13-. The summed E-state index contributed by atoms with van der Waals surface area (Å²) in [5.41, 5.74) is 0. The number of hydrogen-bond acceptors (Lipinski definition) is 2. The molecule has 0 aromatic carbocycles. The highest BCUT2D eigenvalue weighted by Gasteiger charge is 2.10. The van der Waals surface area contributed by atoms with Gasteiger partial charge in [-0.3, -0.25) is 4.79 Å². The molecule has 1 atom stereocenters. The predicted molar refractivity (Wildman–Crippen MR) is 115 cm³/mol. The minimum atomic E-state index is 0.00271. The van der Waals surface area contributed by atoms with Crippen molar-refractivity contribution in [2.45, 2.75) is 136 Å². The summed E-state index contributed by atoms with van der Waals surface area (Å²) in [5.74, 6) is 0.00271. The number of esters is 1. The van der Waals surface area contributed by atoms with Crippen LogP contribution in [0.15, 0.2) is 12.2 Å². The fourth-order valence-corrected chi connectivity index (χ4v) is 3.25. The van der Waals surface area contributed by atoms with Crippen molar-refractivity contribution in [3.8, 4) is 0 Å². The Kier molecular flexibility index (Phi) is 19.9. The average Bonchev–Trinajstić information content (AvgIpc) is 2.64. The Morgan fingerprint density at radius 1 is 0.731 bits per heavy atom. The van der Waals surface area contributed by atoms with Crippen molar-refractivity contribution in [2.75, 3.05) is 0 Å². The molecule has 154 valence electrons. The van der Waals surface area contributed by atoms with Gasteiger partial charge in [0.1, 0.15) is 6.10 Å². The minimum absolute atomic E-state index is 0.00271. The first-order chi connectivity index (χ1) is 12.7. The number of ether oxygens (including phenoxy) is 1. The van der Waals surface area contributed by atoms with Gasteiger partial charge in [-0.2, -0.15) is 0 Å². The second-order valence-corrected chi connectivity index (χ2v) is 7.64. The maximum Gasteiger partial charge on any atom is 0.306 e. The van der Waals surface area contributed by atoms with Gasteiger partial charge in [-0.05, 0) is 44.9 Å². The minimum Gasteiger partial charge on any atom is -0.462 e. The third kappa shape index (κ3) is 18.0. The zero-order chi connectivity index (χ0) is 19.3. The summed E-state index contributed by atoms with van der Waals surface area (Å²) >= 11 is 0. The summed E-state index contributed by atoms with van der Waals surface area (Å²) in [6.07, 6.45) is 25.2. The fraction of sp³-hybridized carbons (Fsp3) is 0.875. The number of carbonyl (C=O) groups excluding carboxylic acids is 1. The Hall–Kier alpha value is -0.790. The number of carbonyl (C=O) groups is 1. The summed E-state index contributed by atoms with van der Waals surface area (Å²) in [6.45, 7) is 6.50. The van der Waals surface area contributed by atoms with Crippen molar-refractivity contribution in [2.24, 2.45) is 0 Å². The Morgan fingerprint density at radius 3 is 1.81 bits per heavy atom. The maximum atomic E-state index is 11.8. The Morgan fingerprint density at radius 2 is 1.27 bits per heavy atom. The SMILES string of the molecule is CCCCCCCC/C=C\CCCCCCCC(=O)OC(CC)CCC. The second-order valence-electron chi connectivity index (χ2n) is 7.64. The van der Waals surface area contributed by atoms with E-state index in [1.165, 1.54) is 70.6 Å². The normalized spacial score (nSPS) is 12.6. The van der Waals surface area contributed by atoms with E-state index in [1.54, 1.807) is 0 Å². The molecular formula is C24H46O2. The molecule has 0 saturated carbocycles. The van der Waals surface area contributed by atoms with Gasteiger partial charge in [0.2, 0.25) is 0 Å². The Bertz CT molecular complexity index is 322. The smallest absolute Gasteiger partial charge is 0.306 e. The molecule has 0 aliphatic heterocycles. The van der Waals surface area contributed by atoms with Crippen LogP contribution in [0.3, 0.4) is 0 Å². The van der Waals surface area contributed by atoms with E-state index in [4.69, 9.17) is 4.74 Å². The van der Waals surface area contributed by atoms with Crippen LogP contribution in [0.4, 0.5) is 0 Å². The molecule has 0 spiro atoms. The van der Waals surface area contributed by atoms with Gasteiger partial charge in [-0.1, -0.05) is 90.7 Å². The number of allylic oxidation sites excluding steroid dienone is 2. The molecular weight excluding hydrogens is 320 g/mol. The van der Waals surface area contributed by atoms with Gasteiger partial charge < -0.3 is 4.74 Å². The van der Waals surface area contributed by atoms with Crippen molar-refractivity contribution in [3.05, 3.63) is 12.2 Å². The van der Waals surface area contributed by atoms with E-state index < -0.39 is 0 Å². The van der Waals surface area contributed by atoms with Crippen LogP contribution in [0.25, 0.3) is 0 Å². The van der Waals surface area contributed by atoms with Gasteiger partial charge in [-0.15, -0.1) is 0 Å². The molecule has 0 N–H and O–H groups in total. The van der Waals surface area contributed by atoms with Crippen LogP contribution in [-0.2, 0) is 9.53 Å². The highest BCUT2D eigenvalue weighted by atomic mass is 16.5. The molecule has 0 fully saturated rings. The first-order valence-corrected chi connectivity index (χ1v) is 11.6. The van der Waals surface area contributed by atoms with E-state index in [2.05, 4.69) is 32.9 Å². The molecule has 0 heterocycles. The summed E-state index contributed by atoms with van der Waals surface area (Å²) in [6, 6.07) is 0. The quantitative estimate of drug-likeness (QED) is 0.131. The molecule has 0 aromatic heterocycles. The molecule has 0 rings (SSSR count). The van der Waals surface area contributed by atoms with Crippen LogP contribution < -0.4 is 0 Å². The van der Waals surface area contributed by atoms with Gasteiger partial charge in [0, 0.05) is 6.42 Å². The van der Waals surface area contributed by atoms with E-state index in [-0.39, 0.29) is 12.1 Å². The summed E-state index contributed by atoms with van der Waals surface area (Å²) in [4.78, 5) is 11.8. The van der Waals surface area contributed by atoms with E-state index in [1.807, 2.05) is 0 Å². The lowest BCUT2D eigenvalue weighted by Gasteiger charge is -2.15. The van der Waals surface area contributed by atoms with E-state index >= 15 is 0 Å². The highest BCUT2D eigenvalue weighted by Crippen LogP contribution is 2.12. The summed E-state index contributed by atoms with van der Waals surface area (Å²) < 4.78 is 5.51. The first-order valence-electron chi connectivity index (χ1n) is 11.6. The number of hydrogen-bond donors (Lipinski definition) is 0. The zero-order valence-electron chi connectivity index (χ0n) is 18.1. The molecule has 0 radical (unpaired) electrons. The number of rotatable bonds is 19. The van der Waals surface area contributed by atoms with Gasteiger partial charge in [0.25, 0.3) is 0 Å². The Labute approximate surface area is 164 Å². The van der Waals surface area contributed by atoms with E-state index in [0.717, 1.165) is 32.1 Å². The van der Waals surface area contributed by atoms with E-state index in [9.17, 15) is 4.79 Å². The van der Waals surface area contributed by atoms with Crippen molar-refractivity contribution in [1.82, 2.24) is 0 Å². The van der Waals surface area contributed by atoms with Crippen LogP contribution in [0.5, 0.6) is 0 Å². The first kappa shape index (κ1) is 25.2. The van der Waals surface area contributed by atoms with Gasteiger partial charge in [0.15, 0.2) is 0 Å². The number of unbranched alkanes of at least 4 members (excludes halogenated alkanes) is 11. The molecule has 0 saturated heterocycles. The summed E-state index contributed by atoms with van der Waals surface area (Å²) in [5, 5.41) is 0. The molecule has 0 bridgehead atoms. The Balaban J connectivity index is 3.32. The van der Waals surface area contributed by atoms with Crippen LogP contribution in [0.1, 0.15) is 130 Å². The lowest BCUT2D eigenvalue weighted by atomic mass is 10.1. The highest BCUT2D eigenvalue weighted by molar-refractivity contribution is 5.69. The molecule has 2 heteroatoms. The van der Waals surface area contributed by atoms with Crippen LogP contribution in [0, 0.1) is 0 Å². The maximum absolute atomic E-state index is 11.8. The zero-order valence-corrected chi connectivity index (χ0v) is 18.1. The predicted octanol–water partition coefficient (Wildman–Crippen LogP) is 8.15. The largest absolute Gasteiger partial charge is 0.462 e. The second kappa shape index (κ2) is 20.5. The van der Waals surface area contributed by atoms with Gasteiger partial charge in [0.05, 0.1) is 0 Å². The van der Waals surface area contributed by atoms with E-state index in [0.29, 0.717) is 6.42 Å². The van der Waals surface area contributed by atoms with Gasteiger partial charge in [-0.25, -0.2) is 0 Å². The monoisotopic (exact) mass is 366 g/mol. The topological polar surface area (TPSA) is 26.3 Å². The summed E-state index contributed by atoms with van der Waals surface area (Å²) in [7, 11) is 0. The lowest BCUT2D eigenvalue weighted by Crippen LogP contribution is -2.16. The van der Waals surface area contributed by atoms with Gasteiger partial charge >= 0.3 is 5.97 Å².